The first kappa shape index (κ1) is 12.4. The van der Waals surface area contributed by atoms with Crippen molar-refractivity contribution in [2.45, 2.75) is 12.5 Å². The molecule has 0 aliphatic carbocycles. The smallest absolute Gasteiger partial charge is 0.0258 e. The Bertz CT molecular complexity index is 138. The van der Waals surface area contributed by atoms with Gasteiger partial charge in [-0.25, -0.2) is 0 Å². The van der Waals surface area contributed by atoms with Gasteiger partial charge in [-0.1, -0.05) is 12.2 Å². The number of hydrogen-bond donors (Lipinski definition) is 2. The van der Waals surface area contributed by atoms with Crippen molar-refractivity contribution >= 4 is 0 Å². The number of piperazine rings is 1. The van der Waals surface area contributed by atoms with Crippen LogP contribution in [0.4, 0.5) is 0 Å². The SMILES string of the molecule is C=CCC1CNCCN1CC=C.N. The molecule has 1 aliphatic heterocycles. The minimum absolute atomic E-state index is 0. The Morgan fingerprint density at radius 3 is 2.77 bits per heavy atom. The molecular formula is C10H21N3. The maximum Gasteiger partial charge on any atom is 0.0258 e. The van der Waals surface area contributed by atoms with Crippen LogP contribution in [0.5, 0.6) is 0 Å². The van der Waals surface area contributed by atoms with Crippen molar-refractivity contribution in [3.63, 3.8) is 0 Å². The second kappa shape index (κ2) is 6.83. The summed E-state index contributed by atoms with van der Waals surface area (Å²) in [5.41, 5.74) is 0. The summed E-state index contributed by atoms with van der Waals surface area (Å²) in [5, 5.41) is 3.38. The first-order valence-electron chi connectivity index (χ1n) is 4.55. The highest BCUT2D eigenvalue weighted by molar-refractivity contribution is 4.88. The zero-order valence-electron chi connectivity index (χ0n) is 8.34. The van der Waals surface area contributed by atoms with E-state index >= 15 is 0 Å². The van der Waals surface area contributed by atoms with Crippen LogP contribution in [0.25, 0.3) is 0 Å². The molecule has 0 radical (unpaired) electrons. The number of nitrogens with one attached hydrogen (secondary N) is 1. The maximum absolute atomic E-state index is 3.77. The summed E-state index contributed by atoms with van der Waals surface area (Å²) in [6.45, 7) is 11.8. The Morgan fingerprint density at radius 1 is 1.38 bits per heavy atom. The molecule has 1 unspecified atom stereocenters. The zero-order valence-corrected chi connectivity index (χ0v) is 8.34. The van der Waals surface area contributed by atoms with E-state index in [1.54, 1.807) is 0 Å². The predicted octanol–water partition coefficient (Wildman–Crippen LogP) is 1.18. The molecule has 0 amide bonds. The predicted molar refractivity (Wildman–Crippen MR) is 58.3 cm³/mol. The summed E-state index contributed by atoms with van der Waals surface area (Å²) in [5.74, 6) is 0. The zero-order chi connectivity index (χ0) is 8.81. The summed E-state index contributed by atoms with van der Waals surface area (Å²) < 4.78 is 0. The van der Waals surface area contributed by atoms with Gasteiger partial charge >= 0.3 is 0 Å². The van der Waals surface area contributed by atoms with E-state index in [9.17, 15) is 0 Å². The summed E-state index contributed by atoms with van der Waals surface area (Å²) >= 11 is 0. The average molecular weight is 183 g/mol. The van der Waals surface area contributed by atoms with Crippen molar-refractivity contribution in [3.05, 3.63) is 25.3 Å². The van der Waals surface area contributed by atoms with Gasteiger partial charge in [0.05, 0.1) is 0 Å². The molecular weight excluding hydrogens is 162 g/mol. The van der Waals surface area contributed by atoms with E-state index in [2.05, 4.69) is 23.4 Å². The molecule has 1 rings (SSSR count). The van der Waals surface area contributed by atoms with Crippen molar-refractivity contribution in [1.29, 1.82) is 0 Å². The van der Waals surface area contributed by atoms with Crippen molar-refractivity contribution in [3.8, 4) is 0 Å². The monoisotopic (exact) mass is 183 g/mol. The standard InChI is InChI=1S/C10H18N2.H3N/c1-3-5-10-9-11-6-8-12(10)7-4-2;/h3-4,10-11H,1-2,5-9H2;1H3. The van der Waals surface area contributed by atoms with Gasteiger partial charge in [-0.2, -0.15) is 0 Å². The van der Waals surface area contributed by atoms with Gasteiger partial charge in [0.1, 0.15) is 0 Å². The normalized spacial score (nSPS) is 23.2. The lowest BCUT2D eigenvalue weighted by Gasteiger charge is -2.34. The molecule has 1 atom stereocenters. The van der Waals surface area contributed by atoms with E-state index in [1.807, 2.05) is 12.2 Å². The van der Waals surface area contributed by atoms with Gasteiger partial charge in [-0.15, -0.1) is 13.2 Å². The van der Waals surface area contributed by atoms with Crippen LogP contribution in [0.15, 0.2) is 25.3 Å². The van der Waals surface area contributed by atoms with Gasteiger partial charge in [0.15, 0.2) is 0 Å². The third-order valence-electron chi connectivity index (χ3n) is 2.27. The van der Waals surface area contributed by atoms with Crippen molar-refractivity contribution < 1.29 is 0 Å². The molecule has 1 aliphatic rings. The molecule has 1 heterocycles. The van der Waals surface area contributed by atoms with E-state index in [-0.39, 0.29) is 6.15 Å². The highest BCUT2D eigenvalue weighted by Crippen LogP contribution is 2.07. The lowest BCUT2D eigenvalue weighted by molar-refractivity contribution is 0.180. The van der Waals surface area contributed by atoms with Crippen LogP contribution in [0.3, 0.4) is 0 Å². The van der Waals surface area contributed by atoms with Gasteiger partial charge < -0.3 is 11.5 Å². The maximum atomic E-state index is 3.77. The lowest BCUT2D eigenvalue weighted by Crippen LogP contribution is -2.50. The molecule has 3 nitrogen and oxygen atoms in total. The Kier molecular flexibility index (Phi) is 6.49. The fourth-order valence-electron chi connectivity index (χ4n) is 1.63. The van der Waals surface area contributed by atoms with E-state index in [0.29, 0.717) is 6.04 Å². The molecule has 0 aromatic heterocycles. The van der Waals surface area contributed by atoms with Crippen LogP contribution in [-0.4, -0.2) is 37.1 Å². The van der Waals surface area contributed by atoms with Crippen LogP contribution in [0.2, 0.25) is 0 Å². The summed E-state index contributed by atoms with van der Waals surface area (Å²) in [4.78, 5) is 2.45. The first-order chi connectivity index (χ1) is 5.88. The van der Waals surface area contributed by atoms with E-state index in [4.69, 9.17) is 0 Å². The minimum atomic E-state index is 0. The highest BCUT2D eigenvalue weighted by atomic mass is 15.2. The highest BCUT2D eigenvalue weighted by Gasteiger charge is 2.18. The Hall–Kier alpha value is -0.640. The van der Waals surface area contributed by atoms with Gasteiger partial charge in [-0.3, -0.25) is 4.90 Å². The quantitative estimate of drug-likeness (QED) is 0.644. The summed E-state index contributed by atoms with van der Waals surface area (Å²) in [6, 6.07) is 0.620. The molecule has 1 fully saturated rings. The molecule has 4 N–H and O–H groups in total. The molecule has 0 aromatic carbocycles. The van der Waals surface area contributed by atoms with Crippen molar-refractivity contribution in [2.75, 3.05) is 26.2 Å². The van der Waals surface area contributed by atoms with Crippen LogP contribution in [0, 0.1) is 0 Å². The summed E-state index contributed by atoms with van der Waals surface area (Å²) in [7, 11) is 0. The molecule has 0 bridgehead atoms. The number of hydrogen-bond acceptors (Lipinski definition) is 3. The average Bonchev–Trinajstić information content (AvgIpc) is 2.09. The molecule has 76 valence electrons. The van der Waals surface area contributed by atoms with E-state index in [0.717, 1.165) is 32.6 Å². The van der Waals surface area contributed by atoms with E-state index < -0.39 is 0 Å². The van der Waals surface area contributed by atoms with Gasteiger partial charge in [0.2, 0.25) is 0 Å². The minimum Gasteiger partial charge on any atom is -0.344 e. The van der Waals surface area contributed by atoms with Gasteiger partial charge in [-0.05, 0) is 6.42 Å². The van der Waals surface area contributed by atoms with Crippen LogP contribution >= 0.6 is 0 Å². The first-order valence-corrected chi connectivity index (χ1v) is 4.55. The molecule has 3 heteroatoms. The molecule has 0 spiro atoms. The molecule has 0 saturated carbocycles. The van der Waals surface area contributed by atoms with E-state index in [1.165, 1.54) is 0 Å². The summed E-state index contributed by atoms with van der Waals surface area (Å²) in [6.07, 6.45) is 5.04. The van der Waals surface area contributed by atoms with Gasteiger partial charge in [0, 0.05) is 32.2 Å². The second-order valence-corrected chi connectivity index (χ2v) is 3.17. The number of nitrogens with zero attached hydrogens (tertiary/aromatic N) is 1. The van der Waals surface area contributed by atoms with Crippen LogP contribution in [-0.2, 0) is 0 Å². The van der Waals surface area contributed by atoms with Gasteiger partial charge in [0.25, 0.3) is 0 Å². The van der Waals surface area contributed by atoms with Crippen molar-refractivity contribution in [2.24, 2.45) is 0 Å². The largest absolute Gasteiger partial charge is 0.344 e. The molecule has 1 saturated heterocycles. The third-order valence-corrected chi connectivity index (χ3v) is 2.27. The lowest BCUT2D eigenvalue weighted by atomic mass is 10.1. The number of rotatable bonds is 4. The Balaban J connectivity index is 0.00000144. The fourth-order valence-corrected chi connectivity index (χ4v) is 1.63. The second-order valence-electron chi connectivity index (χ2n) is 3.17. The van der Waals surface area contributed by atoms with Crippen molar-refractivity contribution in [1.82, 2.24) is 16.4 Å². The molecule has 0 aromatic rings. The Labute approximate surface area is 81.1 Å². The third kappa shape index (κ3) is 3.72. The molecule has 13 heavy (non-hydrogen) atoms. The fraction of sp³-hybridized carbons (Fsp3) is 0.600. The Morgan fingerprint density at radius 2 is 2.15 bits per heavy atom. The van der Waals surface area contributed by atoms with Crippen LogP contribution < -0.4 is 11.5 Å². The van der Waals surface area contributed by atoms with Crippen LogP contribution in [0.1, 0.15) is 6.42 Å². The topological polar surface area (TPSA) is 50.3 Å².